The third kappa shape index (κ3) is 12.6. The fourth-order valence-corrected chi connectivity index (χ4v) is 2.81. The van der Waals surface area contributed by atoms with Gasteiger partial charge in [-0.15, -0.1) is 24.0 Å². The van der Waals surface area contributed by atoms with Crippen LogP contribution in [0, 0.1) is 0 Å². The first-order valence-electron chi connectivity index (χ1n) is 9.87. The third-order valence-electron chi connectivity index (χ3n) is 4.29. The predicted octanol–water partition coefficient (Wildman–Crippen LogP) is 1.71. The van der Waals surface area contributed by atoms with Crippen LogP contribution in [0.2, 0.25) is 0 Å². The Balaban J connectivity index is 0.00000729. The number of hydrogen-bond acceptors (Lipinski definition) is 5. The normalized spacial score (nSPS) is 17.3. The highest BCUT2D eigenvalue weighted by Gasteiger charge is 2.24. The van der Waals surface area contributed by atoms with Crippen LogP contribution in [0.4, 0.5) is 4.79 Å². The van der Waals surface area contributed by atoms with Gasteiger partial charge in [0.1, 0.15) is 5.60 Å². The molecule has 9 heteroatoms. The minimum atomic E-state index is -0.507. The molecular formula is C19H41IN6O2. The van der Waals surface area contributed by atoms with Gasteiger partial charge >= 0.3 is 6.09 Å². The molecule has 0 aromatic heterocycles. The first-order valence-corrected chi connectivity index (χ1v) is 9.87. The second-order valence-electron chi connectivity index (χ2n) is 8.86. The van der Waals surface area contributed by atoms with E-state index >= 15 is 0 Å². The SMILES string of the molecule is CN=C(NCCN1CCCN(C)CC1)NCC(C)(C)NC(=O)OC(C)(C)C.I. The highest BCUT2D eigenvalue weighted by atomic mass is 127. The number of nitrogens with zero attached hydrogens (tertiary/aromatic N) is 3. The maximum Gasteiger partial charge on any atom is 0.408 e. The standard InChI is InChI=1S/C19H40N6O2.HI/c1-18(2,3)27-17(26)23-19(4,5)15-22-16(20-6)21-9-12-25-11-8-10-24(7)13-14-25;/h8-15H2,1-7H3,(H,23,26)(H2,20,21,22);1H. The summed E-state index contributed by atoms with van der Waals surface area (Å²) in [6.07, 6.45) is 0.803. The average Bonchev–Trinajstić information content (AvgIpc) is 2.72. The van der Waals surface area contributed by atoms with E-state index in [0.717, 1.165) is 38.7 Å². The van der Waals surface area contributed by atoms with Crippen molar-refractivity contribution in [3.63, 3.8) is 0 Å². The van der Waals surface area contributed by atoms with Crippen molar-refractivity contribution in [2.75, 3.05) is 59.9 Å². The summed E-state index contributed by atoms with van der Waals surface area (Å²) in [6, 6.07) is 0. The quantitative estimate of drug-likeness (QED) is 0.286. The van der Waals surface area contributed by atoms with Crippen LogP contribution in [0.1, 0.15) is 41.0 Å². The van der Waals surface area contributed by atoms with Gasteiger partial charge in [-0.2, -0.15) is 0 Å². The number of ether oxygens (including phenoxy) is 1. The summed E-state index contributed by atoms with van der Waals surface area (Å²) in [7, 11) is 3.94. The number of carbonyl (C=O) groups excluding carboxylic acids is 1. The molecule has 1 amide bonds. The lowest BCUT2D eigenvalue weighted by molar-refractivity contribution is 0.0474. The van der Waals surface area contributed by atoms with E-state index in [-0.39, 0.29) is 24.0 Å². The van der Waals surface area contributed by atoms with Gasteiger partial charge in [-0.1, -0.05) is 0 Å². The summed E-state index contributed by atoms with van der Waals surface area (Å²) in [5, 5.41) is 9.52. The van der Waals surface area contributed by atoms with Crippen LogP contribution in [0.25, 0.3) is 0 Å². The van der Waals surface area contributed by atoms with Crippen LogP contribution in [-0.2, 0) is 4.74 Å². The molecule has 0 aromatic rings. The number of hydrogen-bond donors (Lipinski definition) is 3. The number of alkyl carbamates (subject to hydrolysis) is 1. The van der Waals surface area contributed by atoms with Crippen molar-refractivity contribution in [3.8, 4) is 0 Å². The third-order valence-corrected chi connectivity index (χ3v) is 4.29. The van der Waals surface area contributed by atoms with Gasteiger partial charge in [-0.25, -0.2) is 4.79 Å². The van der Waals surface area contributed by atoms with E-state index in [2.05, 4.69) is 37.8 Å². The first-order chi connectivity index (χ1) is 12.5. The van der Waals surface area contributed by atoms with Crippen molar-refractivity contribution in [2.45, 2.75) is 52.2 Å². The molecule has 0 radical (unpaired) electrons. The van der Waals surface area contributed by atoms with Gasteiger partial charge in [0, 0.05) is 39.8 Å². The second kappa shape index (κ2) is 12.7. The van der Waals surface area contributed by atoms with Gasteiger partial charge in [0.05, 0.1) is 5.54 Å². The monoisotopic (exact) mass is 512 g/mol. The Morgan fingerprint density at radius 2 is 1.75 bits per heavy atom. The lowest BCUT2D eigenvalue weighted by Gasteiger charge is -2.29. The maximum absolute atomic E-state index is 12.0. The Labute approximate surface area is 188 Å². The Hall–Kier alpha value is -0.810. The number of rotatable bonds is 6. The van der Waals surface area contributed by atoms with Crippen LogP contribution in [-0.4, -0.2) is 92.9 Å². The van der Waals surface area contributed by atoms with E-state index in [4.69, 9.17) is 4.74 Å². The number of aliphatic imine (C=N–C) groups is 1. The molecular weight excluding hydrogens is 471 g/mol. The molecule has 8 nitrogen and oxygen atoms in total. The molecule has 0 saturated carbocycles. The lowest BCUT2D eigenvalue weighted by Crippen LogP contribution is -2.54. The second-order valence-corrected chi connectivity index (χ2v) is 8.86. The molecule has 0 atom stereocenters. The highest BCUT2D eigenvalue weighted by molar-refractivity contribution is 14.0. The van der Waals surface area contributed by atoms with Gasteiger partial charge in [0.2, 0.25) is 0 Å². The summed E-state index contributed by atoms with van der Waals surface area (Å²) in [4.78, 5) is 21.1. The minimum Gasteiger partial charge on any atom is -0.444 e. The van der Waals surface area contributed by atoms with Crippen LogP contribution >= 0.6 is 24.0 Å². The molecule has 1 aliphatic rings. The zero-order chi connectivity index (χ0) is 20.5. The maximum atomic E-state index is 12.0. The van der Waals surface area contributed by atoms with Crippen molar-refractivity contribution >= 4 is 36.0 Å². The fraction of sp³-hybridized carbons (Fsp3) is 0.895. The molecule has 0 aliphatic carbocycles. The van der Waals surface area contributed by atoms with Gasteiger partial charge in [-0.05, 0) is 61.2 Å². The van der Waals surface area contributed by atoms with E-state index in [1.807, 2.05) is 34.6 Å². The fourth-order valence-electron chi connectivity index (χ4n) is 2.81. The van der Waals surface area contributed by atoms with Gasteiger partial charge < -0.3 is 30.5 Å². The van der Waals surface area contributed by atoms with E-state index < -0.39 is 17.2 Å². The molecule has 1 rings (SSSR count). The van der Waals surface area contributed by atoms with Crippen molar-refractivity contribution in [2.24, 2.45) is 4.99 Å². The summed E-state index contributed by atoms with van der Waals surface area (Å²) < 4.78 is 5.32. The van der Waals surface area contributed by atoms with Crippen molar-refractivity contribution in [1.29, 1.82) is 0 Å². The highest BCUT2D eigenvalue weighted by Crippen LogP contribution is 2.09. The van der Waals surface area contributed by atoms with Crippen LogP contribution in [0.15, 0.2) is 4.99 Å². The van der Waals surface area contributed by atoms with Gasteiger partial charge in [0.25, 0.3) is 0 Å². The van der Waals surface area contributed by atoms with Crippen molar-refractivity contribution in [3.05, 3.63) is 0 Å². The summed E-state index contributed by atoms with van der Waals surface area (Å²) in [6.45, 7) is 16.4. The Morgan fingerprint density at radius 3 is 2.36 bits per heavy atom. The van der Waals surface area contributed by atoms with Gasteiger partial charge in [0.15, 0.2) is 5.96 Å². The zero-order valence-electron chi connectivity index (χ0n) is 18.7. The zero-order valence-corrected chi connectivity index (χ0v) is 21.1. The largest absolute Gasteiger partial charge is 0.444 e. The molecule has 0 unspecified atom stereocenters. The van der Waals surface area contributed by atoms with E-state index in [9.17, 15) is 4.79 Å². The molecule has 1 saturated heterocycles. The number of nitrogens with one attached hydrogen (secondary N) is 3. The van der Waals surface area contributed by atoms with Crippen LogP contribution < -0.4 is 16.0 Å². The molecule has 1 fully saturated rings. The van der Waals surface area contributed by atoms with E-state index in [0.29, 0.717) is 6.54 Å². The Bertz CT molecular complexity index is 493. The van der Waals surface area contributed by atoms with Crippen LogP contribution in [0.3, 0.4) is 0 Å². The molecule has 28 heavy (non-hydrogen) atoms. The molecule has 0 bridgehead atoms. The summed E-state index contributed by atoms with van der Waals surface area (Å²) >= 11 is 0. The predicted molar refractivity (Wildman–Crippen MR) is 127 cm³/mol. The topological polar surface area (TPSA) is 81.2 Å². The smallest absolute Gasteiger partial charge is 0.408 e. The molecule has 166 valence electrons. The Morgan fingerprint density at radius 1 is 1.07 bits per heavy atom. The number of carbonyl (C=O) groups is 1. The molecule has 3 N–H and O–H groups in total. The summed E-state index contributed by atoms with van der Waals surface area (Å²) in [5.41, 5.74) is -0.970. The number of guanidine groups is 1. The summed E-state index contributed by atoms with van der Waals surface area (Å²) in [5.74, 6) is 0.737. The molecule has 0 aromatic carbocycles. The first kappa shape index (κ1) is 27.2. The van der Waals surface area contributed by atoms with E-state index in [1.165, 1.54) is 13.0 Å². The molecule has 0 spiro atoms. The van der Waals surface area contributed by atoms with Gasteiger partial charge in [-0.3, -0.25) is 4.99 Å². The molecule has 1 heterocycles. The average molecular weight is 512 g/mol. The number of likely N-dealkylation sites (N-methyl/N-ethyl adjacent to an activating group) is 1. The molecule has 1 aliphatic heterocycles. The Kier molecular flexibility index (Phi) is 12.3. The minimum absolute atomic E-state index is 0. The number of halogens is 1. The number of amides is 1. The lowest BCUT2D eigenvalue weighted by atomic mass is 10.1. The van der Waals surface area contributed by atoms with Crippen molar-refractivity contribution < 1.29 is 9.53 Å². The van der Waals surface area contributed by atoms with E-state index in [1.54, 1.807) is 7.05 Å². The van der Waals surface area contributed by atoms with Crippen molar-refractivity contribution in [1.82, 2.24) is 25.8 Å². The van der Waals surface area contributed by atoms with Crippen LogP contribution in [0.5, 0.6) is 0 Å².